The molecule has 1 heterocycles. The predicted molar refractivity (Wildman–Crippen MR) is 98.0 cm³/mol. The summed E-state index contributed by atoms with van der Waals surface area (Å²) in [5.41, 5.74) is 1.52. The zero-order chi connectivity index (χ0) is 18.4. The molecule has 0 atom stereocenters. The third-order valence-electron chi connectivity index (χ3n) is 3.56. The van der Waals surface area contributed by atoms with Crippen LogP contribution in [0.25, 0.3) is 0 Å². The lowest BCUT2D eigenvalue weighted by Crippen LogP contribution is -2.29. The molecule has 0 aliphatic rings. The van der Waals surface area contributed by atoms with Crippen molar-refractivity contribution in [2.45, 2.75) is 18.4 Å². The minimum Gasteiger partial charge on any atom is -0.463 e. The molecule has 134 valence electrons. The minimum absolute atomic E-state index is 0.111. The number of carbonyl (C=O) groups is 2. The number of furan rings is 1. The molecule has 0 saturated carbocycles. The smallest absolute Gasteiger partial charge is 0.374 e. The van der Waals surface area contributed by atoms with Gasteiger partial charge in [0, 0.05) is 10.5 Å². The molecule has 1 N–H and O–H groups in total. The van der Waals surface area contributed by atoms with E-state index in [1.54, 1.807) is 24.8 Å². The number of carbonyl (C=O) groups excluding carboxylic acids is 2. The van der Waals surface area contributed by atoms with Gasteiger partial charge in [-0.3, -0.25) is 9.69 Å². The quantitative estimate of drug-likeness (QED) is 0.602. The average molecular weight is 362 g/mol. The van der Waals surface area contributed by atoms with Gasteiger partial charge in [0.2, 0.25) is 11.7 Å². The Balaban J connectivity index is 1.94. The van der Waals surface area contributed by atoms with E-state index in [4.69, 9.17) is 4.42 Å². The van der Waals surface area contributed by atoms with Gasteiger partial charge in [0.05, 0.1) is 25.9 Å². The van der Waals surface area contributed by atoms with Gasteiger partial charge in [-0.05, 0) is 38.4 Å². The molecule has 0 saturated heterocycles. The number of rotatable bonds is 7. The molecular formula is C18H22N2O4S. The standard InChI is InChI=1S/C18H22N2O4S/c1-12-9-13(24-17(12)18(22)23-3)10-20(2)11-16(21)19-14-7-5-6-8-15(14)25-4/h5-9H,10-11H2,1-4H3,(H,19,21). The summed E-state index contributed by atoms with van der Waals surface area (Å²) >= 11 is 1.58. The lowest BCUT2D eigenvalue weighted by Gasteiger charge is -2.15. The molecule has 2 rings (SSSR count). The number of thioether (sulfide) groups is 1. The summed E-state index contributed by atoms with van der Waals surface area (Å²) in [7, 11) is 3.13. The number of aryl methyl sites for hydroxylation is 1. The van der Waals surface area contributed by atoms with Gasteiger partial charge in [0.1, 0.15) is 5.76 Å². The Bertz CT molecular complexity index is 757. The third-order valence-corrected chi connectivity index (χ3v) is 4.36. The zero-order valence-corrected chi connectivity index (χ0v) is 15.6. The second-order valence-corrected chi connectivity index (χ2v) is 6.49. The fourth-order valence-electron chi connectivity index (χ4n) is 2.43. The van der Waals surface area contributed by atoms with Crippen molar-refractivity contribution in [2.24, 2.45) is 0 Å². The van der Waals surface area contributed by atoms with Crippen LogP contribution in [0.1, 0.15) is 21.9 Å². The van der Waals surface area contributed by atoms with Crippen LogP contribution >= 0.6 is 11.8 Å². The maximum Gasteiger partial charge on any atom is 0.374 e. The van der Waals surface area contributed by atoms with Crippen molar-refractivity contribution in [2.75, 3.05) is 32.3 Å². The van der Waals surface area contributed by atoms with Crippen molar-refractivity contribution in [1.82, 2.24) is 4.90 Å². The number of para-hydroxylation sites is 1. The number of likely N-dealkylation sites (N-methyl/N-ethyl adjacent to an activating group) is 1. The number of hydrogen-bond donors (Lipinski definition) is 1. The molecule has 25 heavy (non-hydrogen) atoms. The summed E-state index contributed by atoms with van der Waals surface area (Å²) in [6, 6.07) is 9.45. The van der Waals surface area contributed by atoms with Crippen LogP contribution in [0.3, 0.4) is 0 Å². The van der Waals surface area contributed by atoms with Gasteiger partial charge in [0.25, 0.3) is 0 Å². The Morgan fingerprint density at radius 2 is 2.04 bits per heavy atom. The van der Waals surface area contributed by atoms with Crippen LogP contribution in [-0.2, 0) is 16.1 Å². The molecule has 0 fully saturated rings. The molecule has 0 aliphatic carbocycles. The zero-order valence-electron chi connectivity index (χ0n) is 14.8. The minimum atomic E-state index is -0.502. The SMILES string of the molecule is COC(=O)c1oc(CN(C)CC(=O)Nc2ccccc2SC)cc1C. The van der Waals surface area contributed by atoms with Gasteiger partial charge in [-0.25, -0.2) is 4.79 Å². The third kappa shape index (κ3) is 5.11. The van der Waals surface area contributed by atoms with Crippen molar-refractivity contribution in [1.29, 1.82) is 0 Å². The Morgan fingerprint density at radius 3 is 2.72 bits per heavy atom. The van der Waals surface area contributed by atoms with E-state index in [0.29, 0.717) is 17.9 Å². The fourth-order valence-corrected chi connectivity index (χ4v) is 2.98. The molecule has 1 amide bonds. The first-order chi connectivity index (χ1) is 11.9. The summed E-state index contributed by atoms with van der Waals surface area (Å²) < 4.78 is 10.2. The van der Waals surface area contributed by atoms with Crippen LogP contribution < -0.4 is 5.32 Å². The number of esters is 1. The maximum absolute atomic E-state index is 12.2. The summed E-state index contributed by atoms with van der Waals surface area (Å²) in [6.45, 7) is 2.40. The van der Waals surface area contributed by atoms with Crippen LogP contribution in [0, 0.1) is 6.92 Å². The summed E-state index contributed by atoms with van der Waals surface area (Å²) in [4.78, 5) is 26.7. The average Bonchev–Trinajstić information content (AvgIpc) is 2.94. The highest BCUT2D eigenvalue weighted by Crippen LogP contribution is 2.24. The number of methoxy groups -OCH3 is 1. The number of benzene rings is 1. The van der Waals surface area contributed by atoms with Gasteiger partial charge < -0.3 is 14.5 Å². The highest BCUT2D eigenvalue weighted by molar-refractivity contribution is 7.98. The Kier molecular flexibility index (Phi) is 6.66. The molecule has 7 heteroatoms. The van der Waals surface area contributed by atoms with Crippen molar-refractivity contribution < 1.29 is 18.7 Å². The lowest BCUT2D eigenvalue weighted by atomic mass is 10.2. The number of hydrogen-bond acceptors (Lipinski definition) is 6. The lowest BCUT2D eigenvalue weighted by molar-refractivity contribution is -0.117. The van der Waals surface area contributed by atoms with Gasteiger partial charge in [-0.2, -0.15) is 0 Å². The van der Waals surface area contributed by atoms with Crippen LogP contribution in [-0.4, -0.2) is 43.7 Å². The topological polar surface area (TPSA) is 71.8 Å². The molecule has 6 nitrogen and oxygen atoms in total. The van der Waals surface area contributed by atoms with Gasteiger partial charge >= 0.3 is 5.97 Å². The first-order valence-corrected chi connectivity index (χ1v) is 8.96. The first-order valence-electron chi connectivity index (χ1n) is 7.73. The number of nitrogens with one attached hydrogen (secondary N) is 1. The van der Waals surface area contributed by atoms with Crippen LogP contribution in [0.4, 0.5) is 5.69 Å². The van der Waals surface area contributed by atoms with E-state index < -0.39 is 5.97 Å². The molecule has 0 aliphatic heterocycles. The highest BCUT2D eigenvalue weighted by Gasteiger charge is 2.17. The van der Waals surface area contributed by atoms with E-state index in [1.807, 2.05) is 42.5 Å². The first kappa shape index (κ1) is 19.1. The van der Waals surface area contributed by atoms with E-state index in [9.17, 15) is 9.59 Å². The number of amides is 1. The maximum atomic E-state index is 12.2. The molecule has 0 radical (unpaired) electrons. The normalized spacial score (nSPS) is 10.8. The second kappa shape index (κ2) is 8.73. The van der Waals surface area contributed by atoms with Gasteiger partial charge in [0.15, 0.2) is 0 Å². The Morgan fingerprint density at radius 1 is 1.32 bits per heavy atom. The van der Waals surface area contributed by atoms with E-state index in [-0.39, 0.29) is 18.2 Å². The molecule has 1 aromatic heterocycles. The molecule has 0 bridgehead atoms. The van der Waals surface area contributed by atoms with Crippen molar-refractivity contribution in [3.63, 3.8) is 0 Å². The fraction of sp³-hybridized carbons (Fsp3) is 0.333. The number of nitrogens with zero attached hydrogens (tertiary/aromatic N) is 1. The molecule has 0 spiro atoms. The van der Waals surface area contributed by atoms with Crippen LogP contribution in [0.2, 0.25) is 0 Å². The molecular weight excluding hydrogens is 340 g/mol. The number of anilines is 1. The van der Waals surface area contributed by atoms with Gasteiger partial charge in [-0.15, -0.1) is 11.8 Å². The van der Waals surface area contributed by atoms with E-state index in [1.165, 1.54) is 7.11 Å². The van der Waals surface area contributed by atoms with E-state index >= 15 is 0 Å². The second-order valence-electron chi connectivity index (χ2n) is 5.64. The summed E-state index contributed by atoms with van der Waals surface area (Å²) in [5.74, 6) is 0.195. The van der Waals surface area contributed by atoms with E-state index in [2.05, 4.69) is 10.1 Å². The Hall–Kier alpha value is -2.25. The largest absolute Gasteiger partial charge is 0.463 e. The summed E-state index contributed by atoms with van der Waals surface area (Å²) in [6.07, 6.45) is 1.97. The van der Waals surface area contributed by atoms with Crippen molar-refractivity contribution in [3.8, 4) is 0 Å². The highest BCUT2D eigenvalue weighted by atomic mass is 32.2. The van der Waals surface area contributed by atoms with E-state index in [0.717, 1.165) is 10.6 Å². The van der Waals surface area contributed by atoms with Gasteiger partial charge in [-0.1, -0.05) is 12.1 Å². The monoisotopic (exact) mass is 362 g/mol. The number of ether oxygens (including phenoxy) is 1. The predicted octanol–water partition coefficient (Wildman–Crippen LogP) is 3.17. The van der Waals surface area contributed by atoms with Crippen LogP contribution in [0.5, 0.6) is 0 Å². The van der Waals surface area contributed by atoms with Crippen LogP contribution in [0.15, 0.2) is 39.6 Å². The summed E-state index contributed by atoms with van der Waals surface area (Å²) in [5, 5.41) is 2.92. The molecule has 0 unspecified atom stereocenters. The van der Waals surface area contributed by atoms with Crippen molar-refractivity contribution in [3.05, 3.63) is 47.4 Å². The molecule has 2 aromatic rings. The van der Waals surface area contributed by atoms with Crippen molar-refractivity contribution >= 4 is 29.3 Å². The Labute approximate surface area is 151 Å². The molecule has 1 aromatic carbocycles.